The molecular formula is C14H17N3. The molecule has 0 bridgehead atoms. The Bertz CT molecular complexity index is 460. The maximum Gasteiger partial charge on any atom is 0.0929 e. The Morgan fingerprint density at radius 1 is 1.00 bits per heavy atom. The smallest absolute Gasteiger partial charge is 0.0929 e. The predicted octanol–water partition coefficient (Wildman–Crippen LogP) is 2.21. The van der Waals surface area contributed by atoms with Gasteiger partial charge >= 0.3 is 0 Å². The maximum atomic E-state index is 5.47. The first-order valence-electron chi connectivity index (χ1n) is 5.95. The molecule has 1 aromatic heterocycles. The zero-order chi connectivity index (χ0) is 12.1. The molecule has 0 aliphatic rings. The molecule has 17 heavy (non-hydrogen) atoms. The van der Waals surface area contributed by atoms with E-state index in [1.807, 2.05) is 12.1 Å². The summed E-state index contributed by atoms with van der Waals surface area (Å²) in [7, 11) is 0. The van der Waals surface area contributed by atoms with Gasteiger partial charge in [0.05, 0.1) is 11.4 Å². The molecule has 2 aromatic rings. The van der Waals surface area contributed by atoms with Crippen LogP contribution in [0.5, 0.6) is 0 Å². The van der Waals surface area contributed by atoms with E-state index >= 15 is 0 Å². The SMILES string of the molecule is CCc1ccc(-c2ccc(CCN)nn2)cc1. The first-order chi connectivity index (χ1) is 8.33. The summed E-state index contributed by atoms with van der Waals surface area (Å²) < 4.78 is 0. The van der Waals surface area contributed by atoms with Crippen LogP contribution >= 0.6 is 0 Å². The standard InChI is InChI=1S/C14H17N3/c1-2-11-3-5-12(6-4-11)14-8-7-13(9-10-15)16-17-14/h3-8H,2,9-10,15H2,1H3. The molecule has 0 spiro atoms. The molecule has 1 aromatic carbocycles. The first kappa shape index (κ1) is 11.7. The van der Waals surface area contributed by atoms with Gasteiger partial charge in [-0.25, -0.2) is 0 Å². The van der Waals surface area contributed by atoms with E-state index in [9.17, 15) is 0 Å². The number of benzene rings is 1. The topological polar surface area (TPSA) is 51.8 Å². The van der Waals surface area contributed by atoms with Crippen LogP contribution in [-0.4, -0.2) is 16.7 Å². The van der Waals surface area contributed by atoms with Crippen molar-refractivity contribution in [2.45, 2.75) is 19.8 Å². The lowest BCUT2D eigenvalue weighted by Crippen LogP contribution is -2.05. The third-order valence-corrected chi connectivity index (χ3v) is 2.78. The number of rotatable bonds is 4. The van der Waals surface area contributed by atoms with Crippen molar-refractivity contribution in [1.29, 1.82) is 0 Å². The van der Waals surface area contributed by atoms with E-state index in [4.69, 9.17) is 5.73 Å². The lowest BCUT2D eigenvalue weighted by molar-refractivity contribution is 0.869. The molecule has 0 fully saturated rings. The minimum Gasteiger partial charge on any atom is -0.330 e. The van der Waals surface area contributed by atoms with Crippen LogP contribution in [0.4, 0.5) is 0 Å². The van der Waals surface area contributed by atoms with Crippen molar-refractivity contribution in [3.8, 4) is 11.3 Å². The Morgan fingerprint density at radius 2 is 1.76 bits per heavy atom. The summed E-state index contributed by atoms with van der Waals surface area (Å²) in [6.45, 7) is 2.76. The first-order valence-corrected chi connectivity index (χ1v) is 5.95. The normalized spacial score (nSPS) is 10.5. The molecule has 0 saturated heterocycles. The number of aromatic nitrogens is 2. The lowest BCUT2D eigenvalue weighted by atomic mass is 10.1. The van der Waals surface area contributed by atoms with E-state index in [0.29, 0.717) is 6.54 Å². The Morgan fingerprint density at radius 3 is 2.29 bits per heavy atom. The molecular weight excluding hydrogens is 210 g/mol. The van der Waals surface area contributed by atoms with Gasteiger partial charge in [-0.3, -0.25) is 0 Å². The van der Waals surface area contributed by atoms with Gasteiger partial charge in [-0.15, -0.1) is 0 Å². The van der Waals surface area contributed by atoms with E-state index in [1.165, 1.54) is 5.56 Å². The average molecular weight is 227 g/mol. The summed E-state index contributed by atoms with van der Waals surface area (Å²) in [6, 6.07) is 12.4. The van der Waals surface area contributed by atoms with Crippen LogP contribution in [0.25, 0.3) is 11.3 Å². The van der Waals surface area contributed by atoms with Gasteiger partial charge in [0.15, 0.2) is 0 Å². The minimum absolute atomic E-state index is 0.610. The number of hydrogen-bond donors (Lipinski definition) is 1. The molecule has 2 rings (SSSR count). The van der Waals surface area contributed by atoms with Crippen molar-refractivity contribution < 1.29 is 0 Å². The molecule has 3 nitrogen and oxygen atoms in total. The van der Waals surface area contributed by atoms with E-state index in [-0.39, 0.29) is 0 Å². The second-order valence-corrected chi connectivity index (χ2v) is 4.00. The summed E-state index contributed by atoms with van der Waals surface area (Å²) in [5, 5.41) is 8.37. The van der Waals surface area contributed by atoms with Crippen LogP contribution in [0.2, 0.25) is 0 Å². The largest absolute Gasteiger partial charge is 0.330 e. The van der Waals surface area contributed by atoms with Crippen LogP contribution < -0.4 is 5.73 Å². The molecule has 0 aliphatic heterocycles. The highest BCUT2D eigenvalue weighted by molar-refractivity contribution is 5.58. The van der Waals surface area contributed by atoms with Crippen molar-refractivity contribution in [2.24, 2.45) is 5.73 Å². The fourth-order valence-corrected chi connectivity index (χ4v) is 1.71. The maximum absolute atomic E-state index is 5.47. The van der Waals surface area contributed by atoms with E-state index in [2.05, 4.69) is 41.4 Å². The van der Waals surface area contributed by atoms with E-state index in [0.717, 1.165) is 29.8 Å². The van der Waals surface area contributed by atoms with Gasteiger partial charge in [-0.1, -0.05) is 31.2 Å². The number of nitrogens with zero attached hydrogens (tertiary/aromatic N) is 2. The number of hydrogen-bond acceptors (Lipinski definition) is 3. The zero-order valence-corrected chi connectivity index (χ0v) is 10.1. The Labute approximate surface area is 102 Å². The van der Waals surface area contributed by atoms with Crippen LogP contribution in [0.15, 0.2) is 36.4 Å². The van der Waals surface area contributed by atoms with E-state index in [1.54, 1.807) is 0 Å². The molecule has 3 heteroatoms. The van der Waals surface area contributed by atoms with Crippen molar-refractivity contribution in [3.63, 3.8) is 0 Å². The summed E-state index contributed by atoms with van der Waals surface area (Å²) in [4.78, 5) is 0. The molecule has 0 saturated carbocycles. The second kappa shape index (κ2) is 5.55. The quantitative estimate of drug-likeness (QED) is 0.871. The summed E-state index contributed by atoms with van der Waals surface area (Å²) in [5.41, 5.74) is 9.77. The van der Waals surface area contributed by atoms with Gasteiger partial charge < -0.3 is 5.73 Å². The number of aryl methyl sites for hydroxylation is 1. The highest BCUT2D eigenvalue weighted by Crippen LogP contribution is 2.17. The van der Waals surface area contributed by atoms with E-state index < -0.39 is 0 Å². The van der Waals surface area contributed by atoms with Crippen molar-refractivity contribution >= 4 is 0 Å². The van der Waals surface area contributed by atoms with Gasteiger partial charge in [0.25, 0.3) is 0 Å². The highest BCUT2D eigenvalue weighted by atomic mass is 15.1. The monoisotopic (exact) mass is 227 g/mol. The van der Waals surface area contributed by atoms with Crippen LogP contribution in [0, 0.1) is 0 Å². The third kappa shape index (κ3) is 2.88. The van der Waals surface area contributed by atoms with Gasteiger partial charge in [-0.2, -0.15) is 10.2 Å². The minimum atomic E-state index is 0.610. The molecule has 88 valence electrons. The average Bonchev–Trinajstić information content (AvgIpc) is 2.40. The summed E-state index contributed by atoms with van der Waals surface area (Å²) in [6.07, 6.45) is 1.84. The number of nitrogens with two attached hydrogens (primary N) is 1. The second-order valence-electron chi connectivity index (χ2n) is 4.00. The van der Waals surface area contributed by atoms with Crippen LogP contribution in [-0.2, 0) is 12.8 Å². The molecule has 0 unspecified atom stereocenters. The highest BCUT2D eigenvalue weighted by Gasteiger charge is 2.00. The van der Waals surface area contributed by atoms with Gasteiger partial charge in [0, 0.05) is 12.0 Å². The summed E-state index contributed by atoms with van der Waals surface area (Å²) >= 11 is 0. The van der Waals surface area contributed by atoms with Gasteiger partial charge in [0.2, 0.25) is 0 Å². The fraction of sp³-hybridized carbons (Fsp3) is 0.286. The van der Waals surface area contributed by atoms with Gasteiger partial charge in [-0.05, 0) is 30.7 Å². The molecule has 0 radical (unpaired) electrons. The van der Waals surface area contributed by atoms with Crippen LogP contribution in [0.1, 0.15) is 18.2 Å². The zero-order valence-electron chi connectivity index (χ0n) is 10.1. The Hall–Kier alpha value is -1.74. The molecule has 0 amide bonds. The Balaban J connectivity index is 2.20. The summed E-state index contributed by atoms with van der Waals surface area (Å²) in [5.74, 6) is 0. The van der Waals surface area contributed by atoms with Crippen molar-refractivity contribution in [2.75, 3.05) is 6.54 Å². The van der Waals surface area contributed by atoms with Crippen molar-refractivity contribution in [1.82, 2.24) is 10.2 Å². The molecule has 0 aliphatic carbocycles. The third-order valence-electron chi connectivity index (χ3n) is 2.78. The van der Waals surface area contributed by atoms with Crippen molar-refractivity contribution in [3.05, 3.63) is 47.7 Å². The van der Waals surface area contributed by atoms with Gasteiger partial charge in [0.1, 0.15) is 0 Å². The molecule has 1 heterocycles. The van der Waals surface area contributed by atoms with Crippen LogP contribution in [0.3, 0.4) is 0 Å². The predicted molar refractivity (Wildman–Crippen MR) is 69.6 cm³/mol. The fourth-order valence-electron chi connectivity index (χ4n) is 1.71. The molecule has 0 atom stereocenters. The lowest BCUT2D eigenvalue weighted by Gasteiger charge is -2.02. The molecule has 2 N–H and O–H groups in total. The Kier molecular flexibility index (Phi) is 3.83.